The predicted molar refractivity (Wildman–Crippen MR) is 88.0 cm³/mol. The number of piperidine rings is 1. The SMILES string of the molecule is COc1ccc(OC)c(-c2ccc(N3CCCC(O)C3)nn2)c1. The zero-order chi connectivity index (χ0) is 16.2. The first-order chi connectivity index (χ1) is 11.2. The standard InChI is InChI=1S/C17H21N3O3/c1-22-13-5-7-16(23-2)14(10-13)15-6-8-17(19-18-15)20-9-3-4-12(21)11-20/h5-8,10,12,21H,3-4,9,11H2,1-2H3. The van der Waals surface area contributed by atoms with Gasteiger partial charge in [-0.25, -0.2) is 0 Å². The van der Waals surface area contributed by atoms with Gasteiger partial charge in [-0.05, 0) is 43.2 Å². The maximum absolute atomic E-state index is 9.78. The lowest BCUT2D eigenvalue weighted by molar-refractivity contribution is 0.154. The Morgan fingerprint density at radius 2 is 2.00 bits per heavy atom. The number of aromatic nitrogens is 2. The van der Waals surface area contributed by atoms with Crippen LogP contribution in [-0.2, 0) is 0 Å². The summed E-state index contributed by atoms with van der Waals surface area (Å²) in [7, 11) is 3.25. The van der Waals surface area contributed by atoms with Gasteiger partial charge in [-0.15, -0.1) is 10.2 Å². The summed E-state index contributed by atoms with van der Waals surface area (Å²) < 4.78 is 10.7. The average Bonchev–Trinajstić information content (AvgIpc) is 2.61. The summed E-state index contributed by atoms with van der Waals surface area (Å²) >= 11 is 0. The van der Waals surface area contributed by atoms with Gasteiger partial charge >= 0.3 is 0 Å². The van der Waals surface area contributed by atoms with E-state index in [0.29, 0.717) is 6.54 Å². The molecule has 122 valence electrons. The molecule has 0 saturated carbocycles. The third-order valence-corrected chi connectivity index (χ3v) is 4.05. The van der Waals surface area contributed by atoms with Crippen molar-refractivity contribution < 1.29 is 14.6 Å². The van der Waals surface area contributed by atoms with Gasteiger partial charge in [-0.2, -0.15) is 0 Å². The van der Waals surface area contributed by atoms with Crippen LogP contribution in [0, 0.1) is 0 Å². The Morgan fingerprint density at radius 1 is 1.13 bits per heavy atom. The number of nitrogens with zero attached hydrogens (tertiary/aromatic N) is 3. The summed E-state index contributed by atoms with van der Waals surface area (Å²) in [6, 6.07) is 9.43. The molecule has 1 aliphatic heterocycles. The highest BCUT2D eigenvalue weighted by atomic mass is 16.5. The number of aliphatic hydroxyl groups excluding tert-OH is 1. The molecule has 1 unspecified atom stereocenters. The lowest BCUT2D eigenvalue weighted by Crippen LogP contribution is -2.38. The van der Waals surface area contributed by atoms with Crippen LogP contribution >= 0.6 is 0 Å². The first-order valence-electron chi connectivity index (χ1n) is 7.70. The number of hydrogen-bond donors (Lipinski definition) is 1. The van der Waals surface area contributed by atoms with E-state index in [1.165, 1.54) is 0 Å². The average molecular weight is 315 g/mol. The lowest BCUT2D eigenvalue weighted by Gasteiger charge is -2.30. The van der Waals surface area contributed by atoms with E-state index in [9.17, 15) is 5.11 Å². The third-order valence-electron chi connectivity index (χ3n) is 4.05. The molecule has 0 amide bonds. The van der Waals surface area contributed by atoms with Crippen LogP contribution in [-0.4, -0.2) is 48.7 Å². The molecular formula is C17H21N3O3. The van der Waals surface area contributed by atoms with Crippen LogP contribution in [0.2, 0.25) is 0 Å². The second-order valence-corrected chi connectivity index (χ2v) is 5.59. The van der Waals surface area contributed by atoms with Crippen LogP contribution in [0.4, 0.5) is 5.82 Å². The Morgan fingerprint density at radius 3 is 2.65 bits per heavy atom. The van der Waals surface area contributed by atoms with Gasteiger partial charge in [0.25, 0.3) is 0 Å². The van der Waals surface area contributed by atoms with Crippen molar-refractivity contribution in [3.05, 3.63) is 30.3 Å². The van der Waals surface area contributed by atoms with Crippen molar-refractivity contribution in [2.24, 2.45) is 0 Å². The van der Waals surface area contributed by atoms with Gasteiger partial charge in [0.2, 0.25) is 0 Å². The molecule has 3 rings (SSSR count). The molecule has 0 radical (unpaired) electrons. The highest BCUT2D eigenvalue weighted by Crippen LogP contribution is 2.32. The van der Waals surface area contributed by atoms with Crippen molar-refractivity contribution in [3.8, 4) is 22.8 Å². The topological polar surface area (TPSA) is 67.7 Å². The van der Waals surface area contributed by atoms with E-state index in [1.807, 2.05) is 30.3 Å². The molecule has 1 atom stereocenters. The van der Waals surface area contributed by atoms with Gasteiger partial charge < -0.3 is 19.5 Å². The number of β-amino-alcohol motifs (C(OH)–C–C–N with tert-alkyl or cyclic N) is 1. The quantitative estimate of drug-likeness (QED) is 0.932. The van der Waals surface area contributed by atoms with E-state index in [0.717, 1.165) is 48.0 Å². The van der Waals surface area contributed by atoms with Crippen LogP contribution in [0.15, 0.2) is 30.3 Å². The Labute approximate surface area is 135 Å². The van der Waals surface area contributed by atoms with Crippen molar-refractivity contribution in [1.82, 2.24) is 10.2 Å². The zero-order valence-corrected chi connectivity index (χ0v) is 13.4. The van der Waals surface area contributed by atoms with Crippen molar-refractivity contribution in [2.75, 3.05) is 32.2 Å². The molecule has 6 heteroatoms. The highest BCUT2D eigenvalue weighted by Gasteiger charge is 2.19. The number of rotatable bonds is 4. The monoisotopic (exact) mass is 315 g/mol. The summed E-state index contributed by atoms with van der Waals surface area (Å²) in [5.41, 5.74) is 1.56. The Balaban J connectivity index is 1.87. The van der Waals surface area contributed by atoms with Crippen molar-refractivity contribution >= 4 is 5.82 Å². The molecule has 0 bridgehead atoms. The fourth-order valence-corrected chi connectivity index (χ4v) is 2.81. The summed E-state index contributed by atoms with van der Waals surface area (Å²) in [5, 5.41) is 18.4. The summed E-state index contributed by atoms with van der Waals surface area (Å²) in [6.45, 7) is 1.50. The Bertz CT molecular complexity index is 661. The fourth-order valence-electron chi connectivity index (χ4n) is 2.81. The number of aliphatic hydroxyl groups is 1. The Hall–Kier alpha value is -2.34. The van der Waals surface area contributed by atoms with Crippen LogP contribution in [0.3, 0.4) is 0 Å². The third kappa shape index (κ3) is 3.37. The van der Waals surface area contributed by atoms with Crippen molar-refractivity contribution in [1.29, 1.82) is 0 Å². The molecule has 23 heavy (non-hydrogen) atoms. The first-order valence-corrected chi connectivity index (χ1v) is 7.70. The molecule has 1 fully saturated rings. The van der Waals surface area contributed by atoms with E-state index in [4.69, 9.17) is 9.47 Å². The maximum Gasteiger partial charge on any atom is 0.151 e. The normalized spacial score (nSPS) is 17.9. The van der Waals surface area contributed by atoms with Crippen LogP contribution in [0.5, 0.6) is 11.5 Å². The first kappa shape index (κ1) is 15.6. The van der Waals surface area contributed by atoms with E-state index in [-0.39, 0.29) is 6.10 Å². The van der Waals surface area contributed by atoms with Crippen LogP contribution in [0.25, 0.3) is 11.3 Å². The van der Waals surface area contributed by atoms with Crippen LogP contribution in [0.1, 0.15) is 12.8 Å². The maximum atomic E-state index is 9.78. The molecule has 1 saturated heterocycles. The van der Waals surface area contributed by atoms with Crippen LogP contribution < -0.4 is 14.4 Å². The number of hydrogen-bond acceptors (Lipinski definition) is 6. The molecule has 0 spiro atoms. The van der Waals surface area contributed by atoms with Gasteiger partial charge in [0.15, 0.2) is 5.82 Å². The number of anilines is 1. The molecule has 1 aromatic heterocycles. The molecule has 1 aromatic carbocycles. The van der Waals surface area contributed by atoms with Gasteiger partial charge in [-0.1, -0.05) is 0 Å². The summed E-state index contributed by atoms with van der Waals surface area (Å²) in [4.78, 5) is 2.06. The van der Waals surface area contributed by atoms with E-state index >= 15 is 0 Å². The minimum atomic E-state index is -0.288. The van der Waals surface area contributed by atoms with Gasteiger partial charge in [0, 0.05) is 18.7 Å². The van der Waals surface area contributed by atoms with E-state index in [2.05, 4.69) is 15.1 Å². The van der Waals surface area contributed by atoms with Crippen molar-refractivity contribution in [3.63, 3.8) is 0 Å². The molecule has 0 aliphatic carbocycles. The van der Waals surface area contributed by atoms with Gasteiger partial charge in [0.05, 0.1) is 26.0 Å². The van der Waals surface area contributed by atoms with E-state index < -0.39 is 0 Å². The number of benzene rings is 1. The second kappa shape index (κ2) is 6.83. The minimum absolute atomic E-state index is 0.288. The molecule has 6 nitrogen and oxygen atoms in total. The smallest absolute Gasteiger partial charge is 0.151 e. The van der Waals surface area contributed by atoms with E-state index in [1.54, 1.807) is 14.2 Å². The molecule has 1 N–H and O–H groups in total. The summed E-state index contributed by atoms with van der Waals surface area (Å²) in [5.74, 6) is 2.25. The lowest BCUT2D eigenvalue weighted by atomic mass is 10.1. The largest absolute Gasteiger partial charge is 0.497 e. The minimum Gasteiger partial charge on any atom is -0.497 e. The number of ether oxygens (including phenoxy) is 2. The predicted octanol–water partition coefficient (Wildman–Crippen LogP) is 2.12. The molecule has 2 aromatic rings. The zero-order valence-electron chi connectivity index (χ0n) is 13.4. The number of methoxy groups -OCH3 is 2. The van der Waals surface area contributed by atoms with Gasteiger partial charge in [-0.3, -0.25) is 0 Å². The highest BCUT2D eigenvalue weighted by molar-refractivity contribution is 5.69. The molecule has 2 heterocycles. The Kier molecular flexibility index (Phi) is 4.62. The van der Waals surface area contributed by atoms with Crippen molar-refractivity contribution in [2.45, 2.75) is 18.9 Å². The fraction of sp³-hybridized carbons (Fsp3) is 0.412. The molecule has 1 aliphatic rings. The second-order valence-electron chi connectivity index (χ2n) is 5.59. The summed E-state index contributed by atoms with van der Waals surface area (Å²) in [6.07, 6.45) is 1.53. The van der Waals surface area contributed by atoms with Gasteiger partial charge in [0.1, 0.15) is 11.5 Å². The molecular weight excluding hydrogens is 294 g/mol.